The Morgan fingerprint density at radius 3 is 2.68 bits per heavy atom. The summed E-state index contributed by atoms with van der Waals surface area (Å²) in [5.74, 6) is -0.152. The number of benzene rings is 1. The van der Waals surface area contributed by atoms with Crippen LogP contribution >= 0.6 is 11.3 Å². The van der Waals surface area contributed by atoms with Gasteiger partial charge in [-0.15, -0.1) is 11.3 Å². The highest BCUT2D eigenvalue weighted by Crippen LogP contribution is 2.12. The zero-order valence-electron chi connectivity index (χ0n) is 10.4. The SMILES string of the molecule is COc1ccc(CNCc2csc(C(=O)O)n2)cc1. The Hall–Kier alpha value is -1.92. The van der Waals surface area contributed by atoms with Crippen LogP contribution < -0.4 is 10.1 Å². The van der Waals surface area contributed by atoms with Crippen molar-refractivity contribution in [2.24, 2.45) is 0 Å². The van der Waals surface area contributed by atoms with E-state index in [-0.39, 0.29) is 5.01 Å². The van der Waals surface area contributed by atoms with Crippen molar-refractivity contribution >= 4 is 17.3 Å². The van der Waals surface area contributed by atoms with Crippen LogP contribution in [0.3, 0.4) is 0 Å². The Bertz CT molecular complexity index is 551. The van der Waals surface area contributed by atoms with E-state index in [0.29, 0.717) is 13.1 Å². The number of rotatable bonds is 6. The third-order valence-electron chi connectivity index (χ3n) is 2.53. The van der Waals surface area contributed by atoms with Crippen molar-refractivity contribution in [3.63, 3.8) is 0 Å². The molecule has 0 aliphatic rings. The van der Waals surface area contributed by atoms with Gasteiger partial charge in [0.25, 0.3) is 0 Å². The quantitative estimate of drug-likeness (QED) is 0.847. The maximum atomic E-state index is 10.7. The monoisotopic (exact) mass is 278 g/mol. The molecule has 0 bridgehead atoms. The summed E-state index contributed by atoms with van der Waals surface area (Å²) in [5, 5.41) is 13.9. The first-order chi connectivity index (χ1) is 9.19. The highest BCUT2D eigenvalue weighted by Gasteiger charge is 2.08. The third kappa shape index (κ3) is 3.77. The number of carbonyl (C=O) groups is 1. The van der Waals surface area contributed by atoms with Crippen molar-refractivity contribution in [2.45, 2.75) is 13.1 Å². The maximum absolute atomic E-state index is 10.7. The molecule has 1 aromatic heterocycles. The molecule has 0 radical (unpaired) electrons. The minimum atomic E-state index is -0.980. The first-order valence-electron chi connectivity index (χ1n) is 5.70. The number of ether oxygens (including phenoxy) is 1. The highest BCUT2D eigenvalue weighted by molar-refractivity contribution is 7.11. The molecule has 0 atom stereocenters. The summed E-state index contributed by atoms with van der Waals surface area (Å²) >= 11 is 1.14. The van der Waals surface area contributed by atoms with Gasteiger partial charge in [0.1, 0.15) is 5.75 Å². The van der Waals surface area contributed by atoms with E-state index in [0.717, 1.165) is 28.3 Å². The molecule has 0 fully saturated rings. The number of nitrogens with one attached hydrogen (secondary N) is 1. The van der Waals surface area contributed by atoms with E-state index in [9.17, 15) is 4.79 Å². The standard InChI is InChI=1S/C13H14N2O3S/c1-18-11-4-2-9(3-5-11)6-14-7-10-8-19-12(15-10)13(16)17/h2-5,8,14H,6-7H2,1H3,(H,16,17). The van der Waals surface area contributed by atoms with Gasteiger partial charge in [-0.3, -0.25) is 0 Å². The van der Waals surface area contributed by atoms with Crippen LogP contribution in [0.25, 0.3) is 0 Å². The molecule has 0 aliphatic carbocycles. The van der Waals surface area contributed by atoms with Crippen molar-refractivity contribution in [1.82, 2.24) is 10.3 Å². The van der Waals surface area contributed by atoms with E-state index in [1.165, 1.54) is 0 Å². The molecule has 0 saturated heterocycles. The van der Waals surface area contributed by atoms with E-state index < -0.39 is 5.97 Å². The first-order valence-corrected chi connectivity index (χ1v) is 6.58. The van der Waals surface area contributed by atoms with Gasteiger partial charge in [-0.05, 0) is 17.7 Å². The Morgan fingerprint density at radius 2 is 2.11 bits per heavy atom. The van der Waals surface area contributed by atoms with E-state index >= 15 is 0 Å². The summed E-state index contributed by atoms with van der Waals surface area (Å²) in [6.07, 6.45) is 0. The van der Waals surface area contributed by atoms with Crippen LogP contribution in [0.4, 0.5) is 0 Å². The second-order valence-corrected chi connectivity index (χ2v) is 4.76. The van der Waals surface area contributed by atoms with Gasteiger partial charge in [-0.2, -0.15) is 0 Å². The number of carboxylic acid groups (broad SMARTS) is 1. The molecule has 1 aromatic carbocycles. The molecule has 6 heteroatoms. The Balaban J connectivity index is 1.83. The number of hydrogen-bond donors (Lipinski definition) is 2. The van der Waals surface area contributed by atoms with Crippen LogP contribution in [-0.4, -0.2) is 23.2 Å². The predicted octanol–water partition coefficient (Wildman–Crippen LogP) is 2.14. The van der Waals surface area contributed by atoms with Crippen molar-refractivity contribution in [3.05, 3.63) is 45.9 Å². The molecule has 0 saturated carbocycles. The fourth-order valence-electron chi connectivity index (χ4n) is 1.56. The maximum Gasteiger partial charge on any atom is 0.365 e. The number of nitrogens with zero attached hydrogens (tertiary/aromatic N) is 1. The van der Waals surface area contributed by atoms with Crippen molar-refractivity contribution in [1.29, 1.82) is 0 Å². The lowest BCUT2D eigenvalue weighted by molar-refractivity contribution is 0.0696. The van der Waals surface area contributed by atoms with Crippen LogP contribution in [-0.2, 0) is 13.1 Å². The third-order valence-corrected chi connectivity index (χ3v) is 3.41. The molecule has 0 amide bonds. The van der Waals surface area contributed by atoms with Crippen LogP contribution in [0, 0.1) is 0 Å². The molecule has 5 nitrogen and oxygen atoms in total. The molecule has 0 spiro atoms. The first kappa shape index (κ1) is 13.5. The van der Waals surface area contributed by atoms with E-state index in [1.807, 2.05) is 24.3 Å². The van der Waals surface area contributed by atoms with Crippen molar-refractivity contribution < 1.29 is 14.6 Å². The topological polar surface area (TPSA) is 71.5 Å². The van der Waals surface area contributed by atoms with Crippen molar-refractivity contribution in [3.8, 4) is 5.75 Å². The summed E-state index contributed by atoms with van der Waals surface area (Å²) in [6, 6.07) is 7.77. The zero-order chi connectivity index (χ0) is 13.7. The summed E-state index contributed by atoms with van der Waals surface area (Å²) in [6.45, 7) is 1.25. The Labute approximate surface area is 114 Å². The minimum Gasteiger partial charge on any atom is -0.497 e. The lowest BCUT2D eigenvalue weighted by atomic mass is 10.2. The van der Waals surface area contributed by atoms with Gasteiger partial charge in [0.05, 0.1) is 12.8 Å². The van der Waals surface area contributed by atoms with Gasteiger partial charge in [-0.25, -0.2) is 9.78 Å². The van der Waals surface area contributed by atoms with E-state index in [4.69, 9.17) is 9.84 Å². The van der Waals surface area contributed by atoms with Crippen molar-refractivity contribution in [2.75, 3.05) is 7.11 Å². The molecule has 2 aromatic rings. The number of aromatic nitrogens is 1. The van der Waals surface area contributed by atoms with Gasteiger partial charge in [-0.1, -0.05) is 12.1 Å². The van der Waals surface area contributed by atoms with Gasteiger partial charge in [0, 0.05) is 18.5 Å². The zero-order valence-corrected chi connectivity index (χ0v) is 11.2. The Kier molecular flexibility index (Phi) is 4.48. The summed E-state index contributed by atoms with van der Waals surface area (Å²) in [5.41, 5.74) is 1.88. The highest BCUT2D eigenvalue weighted by atomic mass is 32.1. The van der Waals surface area contributed by atoms with E-state index in [2.05, 4.69) is 10.3 Å². The summed E-state index contributed by atoms with van der Waals surface area (Å²) in [4.78, 5) is 14.7. The lowest BCUT2D eigenvalue weighted by Crippen LogP contribution is -2.13. The predicted molar refractivity (Wildman–Crippen MR) is 72.6 cm³/mol. The molecule has 100 valence electrons. The van der Waals surface area contributed by atoms with Gasteiger partial charge < -0.3 is 15.2 Å². The van der Waals surface area contributed by atoms with E-state index in [1.54, 1.807) is 12.5 Å². The average Bonchev–Trinajstić information content (AvgIpc) is 2.89. The fourth-order valence-corrected chi connectivity index (χ4v) is 2.22. The van der Waals surface area contributed by atoms with Crippen LogP contribution in [0.15, 0.2) is 29.6 Å². The van der Waals surface area contributed by atoms with Gasteiger partial charge in [0.15, 0.2) is 0 Å². The number of hydrogen-bond acceptors (Lipinski definition) is 5. The van der Waals surface area contributed by atoms with Gasteiger partial charge in [0.2, 0.25) is 5.01 Å². The van der Waals surface area contributed by atoms with Gasteiger partial charge >= 0.3 is 5.97 Å². The molecule has 0 aliphatic heterocycles. The largest absolute Gasteiger partial charge is 0.497 e. The molecule has 1 heterocycles. The second-order valence-electron chi connectivity index (χ2n) is 3.90. The number of thiazole rings is 1. The molecular weight excluding hydrogens is 264 g/mol. The average molecular weight is 278 g/mol. The molecular formula is C13H14N2O3S. The van der Waals surface area contributed by atoms with Crippen LogP contribution in [0.1, 0.15) is 21.1 Å². The normalized spacial score (nSPS) is 10.4. The molecule has 2 rings (SSSR count). The van der Waals surface area contributed by atoms with Crippen LogP contribution in [0.2, 0.25) is 0 Å². The smallest absolute Gasteiger partial charge is 0.365 e. The Morgan fingerprint density at radius 1 is 1.37 bits per heavy atom. The second kappa shape index (κ2) is 6.31. The number of aromatic carboxylic acids is 1. The number of methoxy groups -OCH3 is 1. The summed E-state index contributed by atoms with van der Waals surface area (Å²) in [7, 11) is 1.63. The summed E-state index contributed by atoms with van der Waals surface area (Å²) < 4.78 is 5.08. The lowest BCUT2D eigenvalue weighted by Gasteiger charge is -2.04. The minimum absolute atomic E-state index is 0.126. The number of carboxylic acids is 1. The fraction of sp³-hybridized carbons (Fsp3) is 0.231. The molecule has 0 unspecified atom stereocenters. The molecule has 2 N–H and O–H groups in total. The van der Waals surface area contributed by atoms with Crippen LogP contribution in [0.5, 0.6) is 5.75 Å². The molecule has 19 heavy (non-hydrogen) atoms.